The van der Waals surface area contributed by atoms with E-state index in [1.54, 1.807) is 29.2 Å². The summed E-state index contributed by atoms with van der Waals surface area (Å²) in [5.41, 5.74) is 1.23. The Kier molecular flexibility index (Phi) is 13.6. The first kappa shape index (κ1) is 31.4. The lowest BCUT2D eigenvalue weighted by molar-refractivity contribution is -0.139. The number of hydrogen-bond acceptors (Lipinski definition) is 3. The van der Waals surface area contributed by atoms with E-state index in [0.717, 1.165) is 23.7 Å². The van der Waals surface area contributed by atoms with Crippen LogP contribution in [-0.2, 0) is 9.59 Å². The quantitative estimate of drug-likeness (QED) is 0.0833. The molecule has 0 saturated carbocycles. The van der Waals surface area contributed by atoms with Gasteiger partial charge in [0, 0.05) is 21.6 Å². The van der Waals surface area contributed by atoms with Gasteiger partial charge in [-0.05, 0) is 30.2 Å². The number of amides is 1. The Morgan fingerprint density at radius 1 is 0.821 bits per heavy atom. The highest BCUT2D eigenvalue weighted by atomic mass is 79.9. The number of Topliss-reactive ketones (excluding diaryl/α,β-unsaturated/α-hetero) is 1. The summed E-state index contributed by atoms with van der Waals surface area (Å²) in [7, 11) is 0. The van der Waals surface area contributed by atoms with Gasteiger partial charge in [0.2, 0.25) is 0 Å². The largest absolute Gasteiger partial charge is 0.507 e. The molecule has 0 aliphatic carbocycles. The molecule has 1 heterocycles. The van der Waals surface area contributed by atoms with Crippen molar-refractivity contribution in [2.24, 2.45) is 0 Å². The molecule has 0 radical (unpaired) electrons. The fourth-order valence-electron chi connectivity index (χ4n) is 5.40. The van der Waals surface area contributed by atoms with Crippen molar-refractivity contribution in [3.8, 4) is 0 Å². The number of carbonyl (C=O) groups is 2. The molecule has 39 heavy (non-hydrogen) atoms. The van der Waals surface area contributed by atoms with Crippen molar-refractivity contribution in [3.63, 3.8) is 0 Å². The topological polar surface area (TPSA) is 57.6 Å². The van der Waals surface area contributed by atoms with Crippen LogP contribution in [0.5, 0.6) is 0 Å². The minimum absolute atomic E-state index is 0.0940. The molecule has 0 aromatic heterocycles. The Balaban J connectivity index is 1.54. The zero-order valence-electron chi connectivity index (χ0n) is 23.3. The van der Waals surface area contributed by atoms with Gasteiger partial charge in [0.1, 0.15) is 5.76 Å². The van der Waals surface area contributed by atoms with Crippen molar-refractivity contribution in [3.05, 3.63) is 74.7 Å². The molecule has 1 N–H and O–H groups in total. The molecule has 1 aliphatic heterocycles. The monoisotopic (exact) mass is 615 g/mol. The van der Waals surface area contributed by atoms with Crippen molar-refractivity contribution in [1.82, 2.24) is 4.90 Å². The van der Waals surface area contributed by atoms with E-state index in [-0.39, 0.29) is 11.3 Å². The van der Waals surface area contributed by atoms with Crippen LogP contribution in [-0.4, -0.2) is 28.2 Å². The zero-order chi connectivity index (χ0) is 28.0. The number of unbranched alkanes of at least 4 members (excludes halogenated alkanes) is 13. The highest BCUT2D eigenvalue weighted by Crippen LogP contribution is 2.42. The van der Waals surface area contributed by atoms with Crippen molar-refractivity contribution in [1.29, 1.82) is 0 Å². The molecule has 0 spiro atoms. The molecule has 1 aliphatic rings. The molecule has 4 nitrogen and oxygen atoms in total. The number of aliphatic hydroxyl groups excluding tert-OH is 1. The number of hydrogen-bond donors (Lipinski definition) is 1. The van der Waals surface area contributed by atoms with E-state index in [0.29, 0.717) is 22.7 Å². The summed E-state index contributed by atoms with van der Waals surface area (Å²) < 4.78 is 0.775. The summed E-state index contributed by atoms with van der Waals surface area (Å²) in [6, 6.07) is 13.6. The highest BCUT2D eigenvalue weighted by molar-refractivity contribution is 9.10. The van der Waals surface area contributed by atoms with Crippen LogP contribution in [0.2, 0.25) is 5.02 Å². The van der Waals surface area contributed by atoms with Crippen LogP contribution in [0.3, 0.4) is 0 Å². The molecular formula is C33H43BrClNO3. The van der Waals surface area contributed by atoms with E-state index >= 15 is 0 Å². The molecule has 1 saturated heterocycles. The number of likely N-dealkylation sites (tertiary alicyclic amines) is 1. The fourth-order valence-corrected chi connectivity index (χ4v) is 6.04. The van der Waals surface area contributed by atoms with Crippen LogP contribution in [0, 0.1) is 0 Å². The van der Waals surface area contributed by atoms with Crippen LogP contribution >= 0.6 is 27.5 Å². The van der Waals surface area contributed by atoms with Crippen LogP contribution < -0.4 is 0 Å². The molecule has 1 unspecified atom stereocenters. The van der Waals surface area contributed by atoms with E-state index in [1.807, 2.05) is 24.3 Å². The van der Waals surface area contributed by atoms with Crippen molar-refractivity contribution >= 4 is 45.0 Å². The smallest absolute Gasteiger partial charge is 0.295 e. The Labute approximate surface area is 248 Å². The number of aliphatic hydroxyl groups is 1. The standard InChI is InChI=1S/C33H43BrClNO3/c1-2-3-4-5-6-7-8-9-10-11-12-13-14-17-23-36-30(27-21-15-16-22-28(27)35)29(32(38)33(36)39)31(37)25-19-18-20-26(34)24-25/h15-16,18-22,24,30,37H,2-14,17,23H2,1H3/b31-29+. The third-order valence-electron chi connectivity index (χ3n) is 7.59. The second kappa shape index (κ2) is 16.9. The minimum atomic E-state index is -0.709. The summed E-state index contributed by atoms with van der Waals surface area (Å²) in [6.45, 7) is 2.71. The Bertz CT molecular complexity index is 1120. The molecule has 1 fully saturated rings. The summed E-state index contributed by atoms with van der Waals surface area (Å²) in [5, 5.41) is 11.7. The maximum atomic E-state index is 13.2. The first-order chi connectivity index (χ1) is 19.0. The molecule has 2 aromatic rings. The fraction of sp³-hybridized carbons (Fsp3) is 0.515. The summed E-state index contributed by atoms with van der Waals surface area (Å²) in [4.78, 5) is 27.9. The number of carbonyl (C=O) groups excluding carboxylic acids is 2. The van der Waals surface area contributed by atoms with Crippen molar-refractivity contribution in [2.75, 3.05) is 6.54 Å². The number of nitrogens with zero attached hydrogens (tertiary/aromatic N) is 1. The minimum Gasteiger partial charge on any atom is -0.507 e. The van der Waals surface area contributed by atoms with Gasteiger partial charge in [-0.25, -0.2) is 0 Å². The Hall–Kier alpha value is -2.11. The molecule has 2 aromatic carbocycles. The van der Waals surface area contributed by atoms with Crippen LogP contribution in [0.1, 0.15) is 114 Å². The molecule has 0 bridgehead atoms. The van der Waals surface area contributed by atoms with Gasteiger partial charge in [-0.2, -0.15) is 0 Å². The van der Waals surface area contributed by atoms with Crippen LogP contribution in [0.4, 0.5) is 0 Å². The number of ketones is 1. The highest BCUT2D eigenvalue weighted by Gasteiger charge is 2.46. The Morgan fingerprint density at radius 2 is 1.38 bits per heavy atom. The lowest BCUT2D eigenvalue weighted by atomic mass is 9.95. The first-order valence-electron chi connectivity index (χ1n) is 14.7. The van der Waals surface area contributed by atoms with Crippen molar-refractivity contribution in [2.45, 2.75) is 103 Å². The molecule has 6 heteroatoms. The number of rotatable bonds is 17. The third kappa shape index (κ3) is 9.21. The molecule has 212 valence electrons. The first-order valence-corrected chi connectivity index (χ1v) is 15.9. The van der Waals surface area contributed by atoms with E-state index in [4.69, 9.17) is 11.6 Å². The van der Waals surface area contributed by atoms with Gasteiger partial charge in [-0.15, -0.1) is 0 Å². The number of halogens is 2. The third-order valence-corrected chi connectivity index (χ3v) is 8.43. The average molecular weight is 617 g/mol. The van der Waals surface area contributed by atoms with Gasteiger partial charge in [0.15, 0.2) is 0 Å². The van der Waals surface area contributed by atoms with Gasteiger partial charge in [-0.1, -0.05) is 148 Å². The number of benzene rings is 2. The predicted octanol–water partition coefficient (Wildman–Crippen LogP) is 10.0. The molecular weight excluding hydrogens is 574 g/mol. The molecule has 1 amide bonds. The van der Waals surface area contributed by atoms with Gasteiger partial charge in [-0.3, -0.25) is 9.59 Å². The lowest BCUT2D eigenvalue weighted by Crippen LogP contribution is -2.30. The normalized spacial score (nSPS) is 16.8. The predicted molar refractivity (Wildman–Crippen MR) is 165 cm³/mol. The molecule has 1 atom stereocenters. The van der Waals surface area contributed by atoms with E-state index in [1.165, 1.54) is 70.6 Å². The van der Waals surface area contributed by atoms with Gasteiger partial charge >= 0.3 is 0 Å². The van der Waals surface area contributed by atoms with Crippen LogP contribution in [0.15, 0.2) is 58.6 Å². The van der Waals surface area contributed by atoms with Crippen molar-refractivity contribution < 1.29 is 14.7 Å². The Morgan fingerprint density at radius 3 is 1.95 bits per heavy atom. The average Bonchev–Trinajstić information content (AvgIpc) is 3.18. The molecule has 3 rings (SSSR count). The van der Waals surface area contributed by atoms with Gasteiger partial charge in [0.25, 0.3) is 11.7 Å². The SMILES string of the molecule is CCCCCCCCCCCCCCCCN1C(=O)C(=O)/C(=C(/O)c2cccc(Br)c2)C1c1ccccc1Cl. The zero-order valence-corrected chi connectivity index (χ0v) is 25.6. The summed E-state index contributed by atoms with van der Waals surface area (Å²) >= 11 is 9.96. The summed E-state index contributed by atoms with van der Waals surface area (Å²) in [5.74, 6) is -1.42. The maximum Gasteiger partial charge on any atom is 0.295 e. The second-order valence-electron chi connectivity index (χ2n) is 10.6. The summed E-state index contributed by atoms with van der Waals surface area (Å²) in [6.07, 6.45) is 17.6. The van der Waals surface area contributed by atoms with E-state index in [2.05, 4.69) is 22.9 Å². The van der Waals surface area contributed by atoms with Gasteiger partial charge < -0.3 is 10.0 Å². The maximum absolute atomic E-state index is 13.2. The second-order valence-corrected chi connectivity index (χ2v) is 11.9. The van der Waals surface area contributed by atoms with Crippen LogP contribution in [0.25, 0.3) is 5.76 Å². The lowest BCUT2D eigenvalue weighted by Gasteiger charge is -2.26. The van der Waals surface area contributed by atoms with E-state index in [9.17, 15) is 14.7 Å². The van der Waals surface area contributed by atoms with E-state index < -0.39 is 17.7 Å². The van der Waals surface area contributed by atoms with Gasteiger partial charge in [0.05, 0.1) is 11.6 Å².